The number of aromatic amines is 1. The quantitative estimate of drug-likeness (QED) is 0.558. The van der Waals surface area contributed by atoms with E-state index in [-0.39, 0.29) is 30.6 Å². The fraction of sp³-hybridized carbons (Fsp3) is 0.375. The van der Waals surface area contributed by atoms with E-state index in [1.54, 1.807) is 13.1 Å². The van der Waals surface area contributed by atoms with Crippen LogP contribution in [-0.2, 0) is 20.8 Å². The molecule has 1 unspecified atom stereocenters. The molecule has 0 aliphatic carbocycles. The van der Waals surface area contributed by atoms with Crippen molar-refractivity contribution in [3.05, 3.63) is 31.8 Å². The van der Waals surface area contributed by atoms with Crippen molar-refractivity contribution in [2.75, 3.05) is 20.7 Å². The topological polar surface area (TPSA) is 74.4 Å². The third-order valence-electron chi connectivity index (χ3n) is 4.40. The predicted octanol–water partition coefficient (Wildman–Crippen LogP) is 3.40. The van der Waals surface area contributed by atoms with Crippen molar-refractivity contribution in [3.63, 3.8) is 0 Å². The highest BCUT2D eigenvalue weighted by atomic mass is 79.9. The van der Waals surface area contributed by atoms with Gasteiger partial charge < -0.3 is 10.3 Å². The predicted molar refractivity (Wildman–Crippen MR) is 99.9 cm³/mol. The van der Waals surface area contributed by atoms with E-state index in [4.69, 9.17) is 28.0 Å². The second-order valence-electron chi connectivity index (χ2n) is 5.88. The summed E-state index contributed by atoms with van der Waals surface area (Å²) >= 11 is 16.0. The first-order valence-corrected chi connectivity index (χ1v) is 9.13. The molecule has 1 atom stereocenters. The van der Waals surface area contributed by atoms with Crippen molar-refractivity contribution < 1.29 is 14.4 Å². The van der Waals surface area contributed by atoms with Crippen molar-refractivity contribution >= 4 is 61.8 Å². The summed E-state index contributed by atoms with van der Waals surface area (Å²) in [7, 11) is 2.98. The number of hydroxylamine groups is 2. The molecule has 2 N–H and O–H groups in total. The monoisotopic (exact) mass is 447 g/mol. The van der Waals surface area contributed by atoms with Gasteiger partial charge in [-0.2, -0.15) is 0 Å². The summed E-state index contributed by atoms with van der Waals surface area (Å²) in [6, 6.07) is 1.71. The van der Waals surface area contributed by atoms with E-state index >= 15 is 0 Å². The average molecular weight is 449 g/mol. The fourth-order valence-electron chi connectivity index (χ4n) is 3.06. The molecule has 0 saturated carbocycles. The highest BCUT2D eigenvalue weighted by Crippen LogP contribution is 2.41. The molecule has 2 heterocycles. The lowest BCUT2D eigenvalue weighted by Crippen LogP contribution is -2.31. The number of nitrogens with one attached hydrogen (secondary N) is 2. The molecule has 1 aliphatic rings. The number of nitrogens with zero attached hydrogens (tertiary/aromatic N) is 1. The molecule has 6 nitrogen and oxygen atoms in total. The molecule has 0 bridgehead atoms. The minimum absolute atomic E-state index is 0.102. The standard InChI is InChI=1S/C16H16BrCl2N3O3/c1-22(25-2)12(24)3-7-6-20-11(23)4-8-13-9(17)5-10(18)14(19)16(13)21-15(7)8/h5,7,21H,3-4,6H2,1-2H3,(H,20,23). The minimum atomic E-state index is -0.222. The molecular formula is C16H16BrCl2N3O3. The zero-order valence-electron chi connectivity index (χ0n) is 13.6. The second kappa shape index (κ2) is 7.15. The number of halogens is 3. The van der Waals surface area contributed by atoms with E-state index in [0.29, 0.717) is 22.1 Å². The van der Waals surface area contributed by atoms with Crippen LogP contribution >= 0.6 is 39.1 Å². The van der Waals surface area contributed by atoms with Crippen molar-refractivity contribution in [1.82, 2.24) is 15.4 Å². The van der Waals surface area contributed by atoms with Crippen molar-refractivity contribution in [2.24, 2.45) is 0 Å². The largest absolute Gasteiger partial charge is 0.357 e. The Labute approximate surface area is 162 Å². The summed E-state index contributed by atoms with van der Waals surface area (Å²) in [6.07, 6.45) is 0.393. The van der Waals surface area contributed by atoms with Gasteiger partial charge in [0.05, 0.1) is 29.1 Å². The number of hydrogen-bond donors (Lipinski definition) is 2. The maximum absolute atomic E-state index is 12.3. The fourth-order valence-corrected chi connectivity index (χ4v) is 4.26. The van der Waals surface area contributed by atoms with E-state index in [1.807, 2.05) is 0 Å². The van der Waals surface area contributed by atoms with Gasteiger partial charge in [0.15, 0.2) is 0 Å². The van der Waals surface area contributed by atoms with Crippen LogP contribution in [0.25, 0.3) is 10.9 Å². The average Bonchev–Trinajstić information content (AvgIpc) is 2.88. The highest BCUT2D eigenvalue weighted by Gasteiger charge is 2.30. The Morgan fingerprint density at radius 3 is 2.88 bits per heavy atom. The van der Waals surface area contributed by atoms with Gasteiger partial charge in [-0.25, -0.2) is 5.06 Å². The first-order valence-electron chi connectivity index (χ1n) is 7.58. The van der Waals surface area contributed by atoms with Gasteiger partial charge in [0.2, 0.25) is 11.8 Å². The Balaban J connectivity index is 2.13. The molecule has 1 aromatic carbocycles. The molecule has 3 rings (SSSR count). The zero-order chi connectivity index (χ0) is 18.3. The molecule has 1 aromatic heterocycles. The van der Waals surface area contributed by atoms with Gasteiger partial charge in [0.25, 0.3) is 0 Å². The van der Waals surface area contributed by atoms with Crippen molar-refractivity contribution in [3.8, 4) is 0 Å². The molecule has 1 aliphatic heterocycles. The molecule has 9 heteroatoms. The SMILES string of the molecule is CON(C)C(=O)CC1CNC(=O)Cc2c1[nH]c1c(Cl)c(Cl)cc(Br)c21. The van der Waals surface area contributed by atoms with Crippen LogP contribution in [0.5, 0.6) is 0 Å². The number of rotatable bonds is 3. The minimum Gasteiger partial charge on any atom is -0.357 e. The number of hydrogen-bond acceptors (Lipinski definition) is 3. The first-order chi connectivity index (χ1) is 11.8. The summed E-state index contributed by atoms with van der Waals surface area (Å²) < 4.78 is 0.753. The number of carbonyl (C=O) groups excluding carboxylic acids is 2. The maximum atomic E-state index is 12.3. The van der Waals surface area contributed by atoms with Gasteiger partial charge in [-0.15, -0.1) is 0 Å². The Morgan fingerprint density at radius 2 is 2.20 bits per heavy atom. The maximum Gasteiger partial charge on any atom is 0.246 e. The molecule has 134 valence electrons. The number of aromatic nitrogens is 1. The number of benzene rings is 1. The highest BCUT2D eigenvalue weighted by molar-refractivity contribution is 9.10. The van der Waals surface area contributed by atoms with Gasteiger partial charge >= 0.3 is 0 Å². The molecule has 25 heavy (non-hydrogen) atoms. The number of amides is 2. The van der Waals surface area contributed by atoms with Crippen LogP contribution in [-0.4, -0.2) is 42.6 Å². The van der Waals surface area contributed by atoms with Crippen LogP contribution in [0.1, 0.15) is 23.6 Å². The van der Waals surface area contributed by atoms with Gasteiger partial charge in [-0.05, 0) is 11.6 Å². The van der Waals surface area contributed by atoms with Crippen LogP contribution in [0.4, 0.5) is 0 Å². The molecule has 2 amide bonds. The smallest absolute Gasteiger partial charge is 0.246 e. The molecule has 2 aromatic rings. The molecular weight excluding hydrogens is 433 g/mol. The van der Waals surface area contributed by atoms with Gasteiger partial charge in [0.1, 0.15) is 0 Å². The van der Waals surface area contributed by atoms with Gasteiger partial charge in [-0.3, -0.25) is 14.4 Å². The van der Waals surface area contributed by atoms with Crippen molar-refractivity contribution in [1.29, 1.82) is 0 Å². The summed E-state index contributed by atoms with van der Waals surface area (Å²) in [5.74, 6) is -0.507. The number of fused-ring (bicyclic) bond motifs is 3. The first kappa shape index (κ1) is 18.5. The van der Waals surface area contributed by atoms with E-state index < -0.39 is 0 Å². The van der Waals surface area contributed by atoms with Crippen LogP contribution < -0.4 is 5.32 Å². The lowest BCUT2D eigenvalue weighted by molar-refractivity contribution is -0.169. The summed E-state index contributed by atoms with van der Waals surface area (Å²) in [4.78, 5) is 32.7. The van der Waals surface area contributed by atoms with E-state index in [2.05, 4.69) is 26.2 Å². The summed E-state index contributed by atoms with van der Waals surface area (Å²) in [6.45, 7) is 0.352. The zero-order valence-corrected chi connectivity index (χ0v) is 16.7. The van der Waals surface area contributed by atoms with Crippen LogP contribution in [0, 0.1) is 0 Å². The van der Waals surface area contributed by atoms with Gasteiger partial charge in [0, 0.05) is 41.5 Å². The van der Waals surface area contributed by atoms with E-state index in [0.717, 1.165) is 21.1 Å². The van der Waals surface area contributed by atoms with Gasteiger partial charge in [-0.1, -0.05) is 39.1 Å². The van der Waals surface area contributed by atoms with Crippen molar-refractivity contribution in [2.45, 2.75) is 18.8 Å². The lowest BCUT2D eigenvalue weighted by atomic mass is 9.96. The van der Waals surface area contributed by atoms with Crippen LogP contribution in [0.2, 0.25) is 10.0 Å². The third-order valence-corrected chi connectivity index (χ3v) is 5.81. The summed E-state index contributed by atoms with van der Waals surface area (Å²) in [5, 5.41) is 5.66. The molecule has 0 fully saturated rings. The third kappa shape index (κ3) is 3.38. The molecule has 0 radical (unpaired) electrons. The normalized spacial score (nSPS) is 17.2. The number of carbonyl (C=O) groups is 2. The Bertz CT molecular complexity index is 868. The molecule has 0 spiro atoms. The number of H-pyrrole nitrogens is 1. The van der Waals surface area contributed by atoms with E-state index in [9.17, 15) is 9.59 Å². The van der Waals surface area contributed by atoms with Crippen LogP contribution in [0.3, 0.4) is 0 Å². The van der Waals surface area contributed by atoms with E-state index in [1.165, 1.54) is 12.2 Å². The summed E-state index contributed by atoms with van der Waals surface area (Å²) in [5.41, 5.74) is 2.31. The lowest BCUT2D eigenvalue weighted by Gasteiger charge is -2.19. The Kier molecular flexibility index (Phi) is 5.29. The Hall–Kier alpha value is -1.28. The molecule has 0 saturated heterocycles. The Morgan fingerprint density at radius 1 is 1.48 bits per heavy atom. The van der Waals surface area contributed by atoms with Crippen LogP contribution in [0.15, 0.2) is 10.5 Å². The second-order valence-corrected chi connectivity index (χ2v) is 7.52.